The van der Waals surface area contributed by atoms with Crippen LogP contribution >= 0.6 is 35.6 Å². The van der Waals surface area contributed by atoms with Gasteiger partial charge in [-0.25, -0.2) is 0 Å². The highest BCUT2D eigenvalue weighted by Gasteiger charge is 2.33. The normalized spacial score (nSPS) is 15.9. The van der Waals surface area contributed by atoms with Crippen molar-refractivity contribution in [1.82, 2.24) is 10.4 Å². The third kappa shape index (κ3) is 3.67. The summed E-state index contributed by atoms with van der Waals surface area (Å²) in [6.07, 6.45) is 1.74. The molecule has 2 amide bonds. The number of nitrogens with one attached hydrogen (secondary N) is 1. The third-order valence-corrected chi connectivity index (χ3v) is 4.73. The van der Waals surface area contributed by atoms with Gasteiger partial charge in [0, 0.05) is 10.6 Å². The summed E-state index contributed by atoms with van der Waals surface area (Å²) < 4.78 is 0.276. The molecule has 0 radical (unpaired) electrons. The summed E-state index contributed by atoms with van der Waals surface area (Å²) in [4.78, 5) is 25.2. The average molecular weight is 375 g/mol. The first-order chi connectivity index (χ1) is 11.5. The first-order valence-corrected chi connectivity index (χ1v) is 8.54. The molecule has 1 aliphatic heterocycles. The van der Waals surface area contributed by atoms with E-state index in [1.807, 2.05) is 30.3 Å². The van der Waals surface area contributed by atoms with Crippen molar-refractivity contribution in [3.8, 4) is 0 Å². The molecule has 1 aliphatic rings. The standard InChI is InChI=1S/C17H11ClN2O2S2/c18-13-8-4-7-12(10-13)15(21)19-20-16(22)14(24-17(20)23)9-11-5-2-1-3-6-11/h1-10H,(H,19,21). The first-order valence-electron chi connectivity index (χ1n) is 6.94. The van der Waals surface area contributed by atoms with Crippen molar-refractivity contribution in [1.29, 1.82) is 0 Å². The van der Waals surface area contributed by atoms with E-state index in [1.54, 1.807) is 24.3 Å². The Bertz CT molecular complexity index is 853. The highest BCUT2D eigenvalue weighted by atomic mass is 35.5. The summed E-state index contributed by atoms with van der Waals surface area (Å²) in [6.45, 7) is 0. The number of benzene rings is 2. The molecule has 1 heterocycles. The second kappa shape index (κ2) is 7.17. The minimum Gasteiger partial charge on any atom is -0.267 e. The van der Waals surface area contributed by atoms with Crippen molar-refractivity contribution in [2.45, 2.75) is 0 Å². The lowest BCUT2D eigenvalue weighted by atomic mass is 10.2. The Labute approximate surface area is 153 Å². The van der Waals surface area contributed by atoms with Crippen LogP contribution in [0.2, 0.25) is 5.02 Å². The molecule has 0 spiro atoms. The molecule has 2 aromatic rings. The number of amides is 2. The second-order valence-electron chi connectivity index (χ2n) is 4.88. The smallest absolute Gasteiger partial charge is 0.267 e. The fourth-order valence-electron chi connectivity index (χ4n) is 2.06. The Morgan fingerprint density at radius 2 is 1.92 bits per heavy atom. The number of hydrazine groups is 1. The van der Waals surface area contributed by atoms with Gasteiger partial charge in [0.15, 0.2) is 4.32 Å². The predicted octanol–water partition coefficient (Wildman–Crippen LogP) is 3.89. The lowest BCUT2D eigenvalue weighted by Gasteiger charge is -2.15. The summed E-state index contributed by atoms with van der Waals surface area (Å²) in [5.74, 6) is -0.806. The van der Waals surface area contributed by atoms with E-state index in [-0.39, 0.29) is 10.2 Å². The van der Waals surface area contributed by atoms with Gasteiger partial charge in [0.1, 0.15) is 0 Å². The van der Waals surface area contributed by atoms with Crippen molar-refractivity contribution in [3.05, 3.63) is 75.7 Å². The number of carbonyl (C=O) groups excluding carboxylic acids is 2. The zero-order valence-electron chi connectivity index (χ0n) is 12.2. The van der Waals surface area contributed by atoms with Gasteiger partial charge in [-0.15, -0.1) is 0 Å². The van der Waals surface area contributed by atoms with E-state index < -0.39 is 5.91 Å². The molecular weight excluding hydrogens is 364 g/mol. The van der Waals surface area contributed by atoms with E-state index in [0.717, 1.165) is 22.3 Å². The number of hydrogen-bond donors (Lipinski definition) is 1. The Hall–Kier alpha value is -2.15. The minimum atomic E-state index is -0.449. The Morgan fingerprint density at radius 3 is 2.62 bits per heavy atom. The predicted molar refractivity (Wildman–Crippen MR) is 100 cm³/mol. The summed E-state index contributed by atoms with van der Waals surface area (Å²) in [5.41, 5.74) is 3.76. The SMILES string of the molecule is O=C(NN1C(=O)C(=Cc2ccccc2)SC1=S)c1cccc(Cl)c1. The first kappa shape index (κ1) is 16.7. The maximum Gasteiger partial charge on any atom is 0.285 e. The van der Waals surface area contributed by atoms with E-state index in [2.05, 4.69) is 5.43 Å². The van der Waals surface area contributed by atoms with Gasteiger partial charge in [-0.05, 0) is 42.1 Å². The highest BCUT2D eigenvalue weighted by Crippen LogP contribution is 2.31. The number of halogens is 1. The van der Waals surface area contributed by atoms with Crippen LogP contribution in [0.5, 0.6) is 0 Å². The van der Waals surface area contributed by atoms with Crippen LogP contribution in [0.15, 0.2) is 59.5 Å². The van der Waals surface area contributed by atoms with Gasteiger partial charge < -0.3 is 0 Å². The van der Waals surface area contributed by atoms with E-state index in [9.17, 15) is 9.59 Å². The van der Waals surface area contributed by atoms with Gasteiger partial charge in [0.25, 0.3) is 11.8 Å². The van der Waals surface area contributed by atoms with E-state index in [4.69, 9.17) is 23.8 Å². The molecule has 4 nitrogen and oxygen atoms in total. The number of thiocarbonyl (C=S) groups is 1. The summed E-state index contributed by atoms with van der Waals surface area (Å²) in [6, 6.07) is 15.9. The van der Waals surface area contributed by atoms with Crippen molar-refractivity contribution in [3.63, 3.8) is 0 Å². The van der Waals surface area contributed by atoms with Gasteiger partial charge in [0.2, 0.25) is 0 Å². The molecule has 0 unspecified atom stereocenters. The number of rotatable bonds is 3. The fraction of sp³-hybridized carbons (Fsp3) is 0. The lowest BCUT2D eigenvalue weighted by molar-refractivity contribution is -0.123. The molecule has 2 aromatic carbocycles. The molecule has 24 heavy (non-hydrogen) atoms. The number of carbonyl (C=O) groups is 2. The van der Waals surface area contributed by atoms with Crippen LogP contribution in [0.1, 0.15) is 15.9 Å². The van der Waals surface area contributed by atoms with Crippen LogP contribution in [-0.2, 0) is 4.79 Å². The fourth-order valence-corrected chi connectivity index (χ4v) is 3.43. The zero-order chi connectivity index (χ0) is 17.1. The molecule has 1 saturated heterocycles. The Balaban J connectivity index is 1.77. The Kier molecular flexibility index (Phi) is 4.99. The lowest BCUT2D eigenvalue weighted by Crippen LogP contribution is -2.44. The van der Waals surface area contributed by atoms with E-state index in [1.165, 1.54) is 6.07 Å². The molecule has 120 valence electrons. The summed E-state index contributed by atoms with van der Waals surface area (Å²) in [7, 11) is 0. The van der Waals surface area contributed by atoms with Gasteiger partial charge in [-0.3, -0.25) is 15.0 Å². The number of nitrogens with zero attached hydrogens (tertiary/aromatic N) is 1. The molecule has 0 bridgehead atoms. The average Bonchev–Trinajstić information content (AvgIpc) is 2.83. The number of thioether (sulfide) groups is 1. The van der Waals surface area contributed by atoms with Gasteiger partial charge >= 0.3 is 0 Å². The highest BCUT2D eigenvalue weighted by molar-refractivity contribution is 8.26. The number of hydrogen-bond acceptors (Lipinski definition) is 4. The Morgan fingerprint density at radius 1 is 1.17 bits per heavy atom. The summed E-state index contributed by atoms with van der Waals surface area (Å²) in [5, 5.41) is 1.52. The van der Waals surface area contributed by atoms with Crippen molar-refractivity contribution in [2.24, 2.45) is 0 Å². The van der Waals surface area contributed by atoms with Gasteiger partial charge in [-0.1, -0.05) is 59.8 Å². The molecular formula is C17H11ClN2O2S2. The third-order valence-electron chi connectivity index (χ3n) is 3.19. The van der Waals surface area contributed by atoms with E-state index >= 15 is 0 Å². The summed E-state index contributed by atoms with van der Waals surface area (Å²) >= 11 is 12.2. The maximum atomic E-state index is 12.5. The van der Waals surface area contributed by atoms with Crippen molar-refractivity contribution >= 4 is 57.8 Å². The van der Waals surface area contributed by atoms with Crippen LogP contribution in [0, 0.1) is 0 Å². The van der Waals surface area contributed by atoms with Gasteiger partial charge in [-0.2, -0.15) is 5.01 Å². The molecule has 1 fully saturated rings. The zero-order valence-corrected chi connectivity index (χ0v) is 14.6. The molecule has 3 rings (SSSR count). The minimum absolute atomic E-state index is 0.276. The molecule has 0 saturated carbocycles. The van der Waals surface area contributed by atoms with Crippen LogP contribution in [-0.4, -0.2) is 21.1 Å². The largest absolute Gasteiger partial charge is 0.285 e. The molecule has 0 aromatic heterocycles. The van der Waals surface area contributed by atoms with Crippen LogP contribution in [0.25, 0.3) is 6.08 Å². The molecule has 7 heteroatoms. The van der Waals surface area contributed by atoms with Gasteiger partial charge in [0.05, 0.1) is 4.91 Å². The van der Waals surface area contributed by atoms with Crippen LogP contribution in [0.3, 0.4) is 0 Å². The molecule has 0 aliphatic carbocycles. The van der Waals surface area contributed by atoms with Crippen LogP contribution < -0.4 is 5.43 Å². The quantitative estimate of drug-likeness (QED) is 0.654. The van der Waals surface area contributed by atoms with Crippen molar-refractivity contribution in [2.75, 3.05) is 0 Å². The van der Waals surface area contributed by atoms with E-state index in [0.29, 0.717) is 15.5 Å². The molecule has 0 atom stereocenters. The molecule has 1 N–H and O–H groups in total. The second-order valence-corrected chi connectivity index (χ2v) is 6.99. The monoisotopic (exact) mass is 374 g/mol. The van der Waals surface area contributed by atoms with Crippen molar-refractivity contribution < 1.29 is 9.59 Å². The maximum absolute atomic E-state index is 12.5. The van der Waals surface area contributed by atoms with Crippen LogP contribution in [0.4, 0.5) is 0 Å². The topological polar surface area (TPSA) is 49.4 Å².